The Morgan fingerprint density at radius 2 is 2.31 bits per heavy atom. The topological polar surface area (TPSA) is 34.1 Å². The second kappa shape index (κ2) is 7.01. The number of aryl methyl sites for hydroxylation is 1. The minimum absolute atomic E-state index is 0.642. The van der Waals surface area contributed by atoms with Crippen LogP contribution in [0, 0.1) is 0 Å². The summed E-state index contributed by atoms with van der Waals surface area (Å²) >= 11 is 0. The van der Waals surface area contributed by atoms with Gasteiger partial charge >= 0.3 is 0 Å². The van der Waals surface area contributed by atoms with Crippen molar-refractivity contribution in [2.24, 2.45) is 0 Å². The summed E-state index contributed by atoms with van der Waals surface area (Å²) in [6.07, 6.45) is 3.62. The first-order valence-electron chi connectivity index (χ1n) is 5.68. The molecule has 1 heterocycles. The smallest absolute Gasteiger partial charge is 0.213 e. The van der Waals surface area contributed by atoms with Gasteiger partial charge in [-0.3, -0.25) is 0 Å². The number of nitrogens with zero attached hydrogens (tertiary/aromatic N) is 1. The standard InChI is InChI=1S/C13H20N2O/c1-4-6-7-16-13-9-11(10-14-3)8-12(5-2)15-13/h4,8-9,14H,1,5-7,10H2,2-3H3. The summed E-state index contributed by atoms with van der Waals surface area (Å²) in [5.41, 5.74) is 2.28. The van der Waals surface area contributed by atoms with E-state index < -0.39 is 0 Å². The SMILES string of the molecule is C=CCCOc1cc(CNC)cc(CC)n1. The number of hydrogen-bond acceptors (Lipinski definition) is 3. The first-order valence-corrected chi connectivity index (χ1v) is 5.68. The van der Waals surface area contributed by atoms with Crippen LogP contribution in [0.3, 0.4) is 0 Å². The van der Waals surface area contributed by atoms with Gasteiger partial charge in [0, 0.05) is 18.3 Å². The lowest BCUT2D eigenvalue weighted by molar-refractivity contribution is 0.311. The highest BCUT2D eigenvalue weighted by atomic mass is 16.5. The molecule has 0 radical (unpaired) electrons. The predicted molar refractivity (Wildman–Crippen MR) is 66.7 cm³/mol. The van der Waals surface area contributed by atoms with Crippen LogP contribution in [0.5, 0.6) is 5.88 Å². The zero-order valence-corrected chi connectivity index (χ0v) is 10.1. The van der Waals surface area contributed by atoms with Crippen molar-refractivity contribution in [3.63, 3.8) is 0 Å². The van der Waals surface area contributed by atoms with E-state index in [1.165, 1.54) is 5.56 Å². The molecular weight excluding hydrogens is 200 g/mol. The van der Waals surface area contributed by atoms with Gasteiger partial charge in [0.1, 0.15) is 0 Å². The van der Waals surface area contributed by atoms with E-state index >= 15 is 0 Å². The maximum atomic E-state index is 5.57. The molecule has 16 heavy (non-hydrogen) atoms. The fraction of sp³-hybridized carbons (Fsp3) is 0.462. The van der Waals surface area contributed by atoms with Gasteiger partial charge in [0.25, 0.3) is 0 Å². The number of hydrogen-bond donors (Lipinski definition) is 1. The molecule has 1 aromatic heterocycles. The van der Waals surface area contributed by atoms with Crippen molar-refractivity contribution in [2.75, 3.05) is 13.7 Å². The van der Waals surface area contributed by atoms with Crippen molar-refractivity contribution in [2.45, 2.75) is 26.3 Å². The van der Waals surface area contributed by atoms with Gasteiger partial charge in [0.15, 0.2) is 0 Å². The molecule has 0 aliphatic heterocycles. The molecule has 1 rings (SSSR count). The van der Waals surface area contributed by atoms with E-state index in [4.69, 9.17) is 4.74 Å². The van der Waals surface area contributed by atoms with Gasteiger partial charge in [0.05, 0.1) is 6.61 Å². The summed E-state index contributed by atoms with van der Waals surface area (Å²) in [5, 5.41) is 3.13. The van der Waals surface area contributed by atoms with Gasteiger partial charge in [-0.15, -0.1) is 6.58 Å². The zero-order valence-electron chi connectivity index (χ0n) is 10.1. The largest absolute Gasteiger partial charge is 0.477 e. The molecule has 0 saturated heterocycles. The fourth-order valence-corrected chi connectivity index (χ4v) is 1.43. The molecular formula is C13H20N2O. The van der Waals surface area contributed by atoms with E-state index in [1.807, 2.05) is 19.2 Å². The molecule has 0 saturated carbocycles. The summed E-state index contributed by atoms with van der Waals surface area (Å²) < 4.78 is 5.57. The van der Waals surface area contributed by atoms with Crippen molar-refractivity contribution < 1.29 is 4.74 Å². The van der Waals surface area contributed by atoms with Crippen LogP contribution in [0.4, 0.5) is 0 Å². The van der Waals surface area contributed by atoms with Crippen LogP contribution in [-0.4, -0.2) is 18.6 Å². The third-order valence-corrected chi connectivity index (χ3v) is 2.23. The highest BCUT2D eigenvalue weighted by Crippen LogP contribution is 2.13. The Morgan fingerprint density at radius 1 is 1.50 bits per heavy atom. The average molecular weight is 220 g/mol. The number of pyridine rings is 1. The Kier molecular flexibility index (Phi) is 5.57. The zero-order chi connectivity index (χ0) is 11.8. The third kappa shape index (κ3) is 4.03. The number of aromatic nitrogens is 1. The second-order valence-corrected chi connectivity index (χ2v) is 3.61. The predicted octanol–water partition coefficient (Wildman–Crippen LogP) is 2.32. The minimum atomic E-state index is 0.642. The number of rotatable bonds is 7. The Hall–Kier alpha value is -1.35. The summed E-state index contributed by atoms with van der Waals surface area (Å²) in [7, 11) is 1.93. The van der Waals surface area contributed by atoms with Crippen molar-refractivity contribution in [1.82, 2.24) is 10.3 Å². The molecule has 0 fully saturated rings. The summed E-state index contributed by atoms with van der Waals surface area (Å²) in [6, 6.07) is 4.09. The Labute approximate surface area is 97.5 Å². The van der Waals surface area contributed by atoms with Crippen LogP contribution in [-0.2, 0) is 13.0 Å². The van der Waals surface area contributed by atoms with E-state index in [2.05, 4.69) is 29.9 Å². The van der Waals surface area contributed by atoms with Crippen molar-refractivity contribution in [3.8, 4) is 5.88 Å². The molecule has 0 aliphatic carbocycles. The van der Waals surface area contributed by atoms with E-state index in [1.54, 1.807) is 0 Å². The van der Waals surface area contributed by atoms with Crippen LogP contribution >= 0.6 is 0 Å². The molecule has 1 aromatic rings. The molecule has 0 aromatic carbocycles. The van der Waals surface area contributed by atoms with E-state index in [9.17, 15) is 0 Å². The van der Waals surface area contributed by atoms with E-state index in [0.717, 1.165) is 25.1 Å². The lowest BCUT2D eigenvalue weighted by Crippen LogP contribution is -2.07. The molecule has 0 atom stereocenters. The molecule has 0 amide bonds. The third-order valence-electron chi connectivity index (χ3n) is 2.23. The molecule has 88 valence electrons. The van der Waals surface area contributed by atoms with Crippen molar-refractivity contribution >= 4 is 0 Å². The number of ether oxygens (including phenoxy) is 1. The minimum Gasteiger partial charge on any atom is -0.477 e. The van der Waals surface area contributed by atoms with Crippen LogP contribution in [0.25, 0.3) is 0 Å². The van der Waals surface area contributed by atoms with Gasteiger partial charge in [-0.05, 0) is 31.5 Å². The molecule has 0 unspecified atom stereocenters. The first kappa shape index (κ1) is 12.7. The molecule has 0 spiro atoms. The Balaban J connectivity index is 2.73. The normalized spacial score (nSPS) is 10.1. The van der Waals surface area contributed by atoms with E-state index in [0.29, 0.717) is 12.5 Å². The van der Waals surface area contributed by atoms with Crippen molar-refractivity contribution in [1.29, 1.82) is 0 Å². The van der Waals surface area contributed by atoms with Crippen LogP contribution in [0.2, 0.25) is 0 Å². The second-order valence-electron chi connectivity index (χ2n) is 3.61. The highest BCUT2D eigenvalue weighted by molar-refractivity contribution is 5.25. The fourth-order valence-electron chi connectivity index (χ4n) is 1.43. The highest BCUT2D eigenvalue weighted by Gasteiger charge is 2.02. The average Bonchev–Trinajstić information content (AvgIpc) is 2.29. The lowest BCUT2D eigenvalue weighted by atomic mass is 10.2. The summed E-state index contributed by atoms with van der Waals surface area (Å²) in [5.74, 6) is 0.714. The summed E-state index contributed by atoms with van der Waals surface area (Å²) in [4.78, 5) is 4.42. The Morgan fingerprint density at radius 3 is 2.94 bits per heavy atom. The maximum Gasteiger partial charge on any atom is 0.213 e. The number of nitrogens with one attached hydrogen (secondary N) is 1. The van der Waals surface area contributed by atoms with Gasteiger partial charge < -0.3 is 10.1 Å². The lowest BCUT2D eigenvalue weighted by Gasteiger charge is -2.08. The van der Waals surface area contributed by atoms with Crippen LogP contribution < -0.4 is 10.1 Å². The van der Waals surface area contributed by atoms with Crippen LogP contribution in [0.15, 0.2) is 24.8 Å². The van der Waals surface area contributed by atoms with Gasteiger partial charge in [-0.1, -0.05) is 13.0 Å². The van der Waals surface area contributed by atoms with Crippen molar-refractivity contribution in [3.05, 3.63) is 36.0 Å². The first-order chi connectivity index (χ1) is 7.80. The quantitative estimate of drug-likeness (QED) is 0.565. The van der Waals surface area contributed by atoms with Gasteiger partial charge in [-0.25, -0.2) is 4.98 Å². The van der Waals surface area contributed by atoms with Gasteiger partial charge in [-0.2, -0.15) is 0 Å². The van der Waals surface area contributed by atoms with Crippen LogP contribution in [0.1, 0.15) is 24.6 Å². The molecule has 1 N–H and O–H groups in total. The maximum absolute atomic E-state index is 5.57. The molecule has 0 bridgehead atoms. The molecule has 3 heteroatoms. The molecule has 3 nitrogen and oxygen atoms in total. The van der Waals surface area contributed by atoms with E-state index in [-0.39, 0.29) is 0 Å². The summed E-state index contributed by atoms with van der Waals surface area (Å²) in [6.45, 7) is 7.24. The van der Waals surface area contributed by atoms with Gasteiger partial charge in [0.2, 0.25) is 5.88 Å². The molecule has 0 aliphatic rings. The Bertz CT molecular complexity index is 337. The monoisotopic (exact) mass is 220 g/mol.